The van der Waals surface area contributed by atoms with Crippen molar-refractivity contribution in [2.45, 2.75) is 13.0 Å². The van der Waals surface area contributed by atoms with Crippen LogP contribution in [0.2, 0.25) is 0 Å². The molecule has 2 rings (SSSR count). The molecular formula is C16H17NO5. The summed E-state index contributed by atoms with van der Waals surface area (Å²) in [6.45, 7) is 1.66. The van der Waals surface area contributed by atoms with Crippen molar-refractivity contribution < 1.29 is 19.5 Å². The number of aliphatic hydroxyl groups excluding tert-OH is 1. The average Bonchev–Trinajstić information content (AvgIpc) is 2.53. The van der Waals surface area contributed by atoms with E-state index in [0.29, 0.717) is 28.2 Å². The first-order valence-corrected chi connectivity index (χ1v) is 6.63. The van der Waals surface area contributed by atoms with Gasteiger partial charge >= 0.3 is 0 Å². The monoisotopic (exact) mass is 303 g/mol. The molecule has 1 atom stereocenters. The third kappa shape index (κ3) is 3.01. The van der Waals surface area contributed by atoms with Gasteiger partial charge in [0.1, 0.15) is 6.10 Å². The molecule has 0 radical (unpaired) electrons. The van der Waals surface area contributed by atoms with Crippen molar-refractivity contribution in [2.24, 2.45) is 0 Å². The lowest BCUT2D eigenvalue weighted by atomic mass is 9.99. The lowest BCUT2D eigenvalue weighted by Gasteiger charge is -2.15. The van der Waals surface area contributed by atoms with E-state index >= 15 is 0 Å². The van der Waals surface area contributed by atoms with Crippen LogP contribution in [0.15, 0.2) is 36.4 Å². The number of nitro groups is 1. The Morgan fingerprint density at radius 2 is 1.64 bits per heavy atom. The van der Waals surface area contributed by atoms with E-state index < -0.39 is 11.0 Å². The van der Waals surface area contributed by atoms with E-state index in [1.807, 2.05) is 0 Å². The van der Waals surface area contributed by atoms with Crippen LogP contribution in [0.4, 0.5) is 5.69 Å². The number of rotatable bonds is 5. The summed E-state index contributed by atoms with van der Waals surface area (Å²) >= 11 is 0. The second-order valence-electron chi connectivity index (χ2n) is 4.82. The van der Waals surface area contributed by atoms with E-state index in [1.165, 1.54) is 20.3 Å². The van der Waals surface area contributed by atoms with Gasteiger partial charge in [0, 0.05) is 11.6 Å². The maximum atomic E-state index is 11.0. The maximum absolute atomic E-state index is 11.0. The highest BCUT2D eigenvalue weighted by Gasteiger charge is 2.18. The molecule has 0 spiro atoms. The van der Waals surface area contributed by atoms with Crippen molar-refractivity contribution in [3.8, 4) is 11.5 Å². The first kappa shape index (κ1) is 15.8. The largest absolute Gasteiger partial charge is 0.493 e. The third-order valence-corrected chi connectivity index (χ3v) is 3.47. The van der Waals surface area contributed by atoms with Crippen molar-refractivity contribution in [1.82, 2.24) is 0 Å². The van der Waals surface area contributed by atoms with Crippen molar-refractivity contribution in [3.05, 3.63) is 63.2 Å². The summed E-state index contributed by atoms with van der Waals surface area (Å²) in [7, 11) is 3.03. The molecule has 0 saturated carbocycles. The van der Waals surface area contributed by atoms with E-state index in [0.717, 1.165) is 0 Å². The van der Waals surface area contributed by atoms with Crippen molar-refractivity contribution in [1.29, 1.82) is 0 Å². The molecule has 0 aromatic heterocycles. The van der Waals surface area contributed by atoms with E-state index in [4.69, 9.17) is 9.47 Å². The summed E-state index contributed by atoms with van der Waals surface area (Å²) in [5.74, 6) is 1.04. The van der Waals surface area contributed by atoms with Gasteiger partial charge in [-0.15, -0.1) is 0 Å². The molecule has 2 aromatic carbocycles. The minimum Gasteiger partial charge on any atom is -0.493 e. The molecule has 0 unspecified atom stereocenters. The molecule has 0 aliphatic heterocycles. The zero-order valence-electron chi connectivity index (χ0n) is 12.6. The highest BCUT2D eigenvalue weighted by atomic mass is 16.6. The highest BCUT2D eigenvalue weighted by molar-refractivity contribution is 5.48. The molecule has 0 saturated heterocycles. The van der Waals surface area contributed by atoms with Crippen LogP contribution in [0.1, 0.15) is 22.8 Å². The molecule has 0 amide bonds. The molecule has 116 valence electrons. The normalized spacial score (nSPS) is 11.8. The van der Waals surface area contributed by atoms with Gasteiger partial charge in [0.2, 0.25) is 0 Å². The Morgan fingerprint density at radius 3 is 2.23 bits per heavy atom. The van der Waals surface area contributed by atoms with Crippen LogP contribution in [-0.2, 0) is 0 Å². The van der Waals surface area contributed by atoms with Crippen LogP contribution < -0.4 is 9.47 Å². The second-order valence-corrected chi connectivity index (χ2v) is 4.82. The number of hydrogen-bond donors (Lipinski definition) is 1. The Labute approximate surface area is 128 Å². The second kappa shape index (κ2) is 6.44. The van der Waals surface area contributed by atoms with Crippen molar-refractivity contribution in [3.63, 3.8) is 0 Å². The fraction of sp³-hybridized carbons (Fsp3) is 0.250. The van der Waals surface area contributed by atoms with Crippen LogP contribution in [0.25, 0.3) is 0 Å². The average molecular weight is 303 g/mol. The SMILES string of the molecule is COc1ccc([C@@H](O)c2ccc(C)c([N+](=O)[O-])c2)cc1OC. The Balaban J connectivity index is 2.41. The fourth-order valence-corrected chi connectivity index (χ4v) is 2.21. The van der Waals surface area contributed by atoms with Gasteiger partial charge in [0.05, 0.1) is 19.1 Å². The van der Waals surface area contributed by atoms with E-state index in [-0.39, 0.29) is 5.69 Å². The van der Waals surface area contributed by atoms with Gasteiger partial charge in [-0.05, 0) is 30.2 Å². The quantitative estimate of drug-likeness (QED) is 0.678. The van der Waals surface area contributed by atoms with Gasteiger partial charge in [-0.25, -0.2) is 0 Å². The smallest absolute Gasteiger partial charge is 0.272 e. The van der Waals surface area contributed by atoms with Crippen LogP contribution in [0.3, 0.4) is 0 Å². The van der Waals surface area contributed by atoms with Gasteiger partial charge in [-0.2, -0.15) is 0 Å². The zero-order chi connectivity index (χ0) is 16.3. The summed E-state index contributed by atoms with van der Waals surface area (Å²) in [5, 5.41) is 21.5. The number of hydrogen-bond acceptors (Lipinski definition) is 5. The number of ether oxygens (including phenoxy) is 2. The van der Waals surface area contributed by atoms with Crippen LogP contribution in [0.5, 0.6) is 11.5 Å². The number of aliphatic hydroxyl groups is 1. The molecule has 2 aromatic rings. The molecule has 0 aliphatic rings. The molecule has 0 bridgehead atoms. The molecular weight excluding hydrogens is 286 g/mol. The van der Waals surface area contributed by atoms with E-state index in [9.17, 15) is 15.2 Å². The Bertz CT molecular complexity index is 699. The number of benzene rings is 2. The van der Waals surface area contributed by atoms with Crippen molar-refractivity contribution >= 4 is 5.69 Å². The summed E-state index contributed by atoms with van der Waals surface area (Å²) in [6.07, 6.45) is -0.987. The molecule has 1 N–H and O–H groups in total. The third-order valence-electron chi connectivity index (χ3n) is 3.47. The predicted octanol–water partition coefficient (Wildman–Crippen LogP) is 3.00. The topological polar surface area (TPSA) is 81.8 Å². The first-order chi connectivity index (χ1) is 10.5. The minimum absolute atomic E-state index is 0.0166. The Kier molecular flexibility index (Phi) is 4.62. The van der Waals surface area contributed by atoms with Gasteiger partial charge in [0.15, 0.2) is 11.5 Å². The molecule has 6 heteroatoms. The number of aryl methyl sites for hydroxylation is 1. The van der Waals surface area contributed by atoms with E-state index in [2.05, 4.69) is 0 Å². The molecule has 0 aliphatic carbocycles. The first-order valence-electron chi connectivity index (χ1n) is 6.63. The summed E-state index contributed by atoms with van der Waals surface area (Å²) in [6, 6.07) is 9.70. The fourth-order valence-electron chi connectivity index (χ4n) is 2.21. The number of nitrogens with zero attached hydrogens (tertiary/aromatic N) is 1. The maximum Gasteiger partial charge on any atom is 0.272 e. The van der Waals surface area contributed by atoms with Crippen LogP contribution >= 0.6 is 0 Å². The van der Waals surface area contributed by atoms with Crippen LogP contribution in [0, 0.1) is 17.0 Å². The predicted molar refractivity (Wildman–Crippen MR) is 81.4 cm³/mol. The lowest BCUT2D eigenvalue weighted by molar-refractivity contribution is -0.385. The summed E-state index contributed by atoms with van der Waals surface area (Å²) < 4.78 is 10.3. The standard InChI is InChI=1S/C16H17NO5/c1-10-4-5-11(8-13(10)17(19)20)16(18)12-6-7-14(21-2)15(9-12)22-3/h4-9,16,18H,1-3H3/t16-/m0/s1. The highest BCUT2D eigenvalue weighted by Crippen LogP contribution is 2.33. The molecule has 22 heavy (non-hydrogen) atoms. The number of nitro benzene ring substituents is 1. The minimum atomic E-state index is -0.987. The Morgan fingerprint density at radius 1 is 1.05 bits per heavy atom. The van der Waals surface area contributed by atoms with Gasteiger partial charge in [-0.1, -0.05) is 18.2 Å². The van der Waals surface area contributed by atoms with Gasteiger partial charge < -0.3 is 14.6 Å². The Hall–Kier alpha value is -2.60. The molecule has 0 fully saturated rings. The zero-order valence-corrected chi connectivity index (χ0v) is 12.6. The molecule has 0 heterocycles. The van der Waals surface area contributed by atoms with Gasteiger partial charge in [-0.3, -0.25) is 10.1 Å². The van der Waals surface area contributed by atoms with Gasteiger partial charge in [0.25, 0.3) is 5.69 Å². The number of methoxy groups -OCH3 is 2. The lowest BCUT2D eigenvalue weighted by Crippen LogP contribution is -2.02. The van der Waals surface area contributed by atoms with Crippen LogP contribution in [-0.4, -0.2) is 24.2 Å². The summed E-state index contributed by atoms with van der Waals surface area (Å²) in [5.41, 5.74) is 1.55. The van der Waals surface area contributed by atoms with E-state index in [1.54, 1.807) is 37.3 Å². The molecule has 6 nitrogen and oxygen atoms in total. The van der Waals surface area contributed by atoms with Crippen molar-refractivity contribution in [2.75, 3.05) is 14.2 Å². The summed E-state index contributed by atoms with van der Waals surface area (Å²) in [4.78, 5) is 10.5.